The molecule has 0 saturated carbocycles. The third-order valence-corrected chi connectivity index (χ3v) is 4.28. The topological polar surface area (TPSA) is 94.4 Å². The highest BCUT2D eigenvalue weighted by atomic mass is 16.3. The Hall–Kier alpha value is -2.57. The van der Waals surface area contributed by atoms with E-state index in [4.69, 9.17) is 10.2 Å². The van der Waals surface area contributed by atoms with Gasteiger partial charge in [0.1, 0.15) is 17.9 Å². The van der Waals surface area contributed by atoms with E-state index in [1.165, 1.54) is 12.3 Å². The number of rotatable bonds is 3. The number of anilines is 1. The zero-order valence-electron chi connectivity index (χ0n) is 13.9. The van der Waals surface area contributed by atoms with E-state index in [0.717, 1.165) is 11.1 Å². The number of carbonyl (C=O) groups is 1. The lowest BCUT2D eigenvalue weighted by atomic mass is 9.92. The quantitative estimate of drug-likeness (QED) is 0.922. The lowest BCUT2D eigenvalue weighted by Gasteiger charge is -2.35. The SMILES string of the molecule is C[C@H]1C[C@H](C)CN(C(=O)Cn2nc(-c3ccco3)cc(N)c2=O)C1. The van der Waals surface area contributed by atoms with E-state index >= 15 is 0 Å². The van der Waals surface area contributed by atoms with Gasteiger partial charge in [0, 0.05) is 13.1 Å². The van der Waals surface area contributed by atoms with Gasteiger partial charge in [0.2, 0.25) is 5.91 Å². The van der Waals surface area contributed by atoms with E-state index in [2.05, 4.69) is 18.9 Å². The van der Waals surface area contributed by atoms with Crippen LogP contribution in [0.4, 0.5) is 5.69 Å². The van der Waals surface area contributed by atoms with Gasteiger partial charge in [0.05, 0.1) is 6.26 Å². The molecule has 1 aliphatic heterocycles. The molecule has 0 aliphatic carbocycles. The number of likely N-dealkylation sites (tertiary alicyclic amines) is 1. The maximum Gasteiger partial charge on any atom is 0.290 e. The molecular formula is C17H22N4O3. The van der Waals surface area contributed by atoms with Crippen LogP contribution >= 0.6 is 0 Å². The van der Waals surface area contributed by atoms with Gasteiger partial charge in [-0.15, -0.1) is 0 Å². The lowest BCUT2D eigenvalue weighted by Crippen LogP contribution is -2.45. The summed E-state index contributed by atoms with van der Waals surface area (Å²) >= 11 is 0. The van der Waals surface area contributed by atoms with Crippen LogP contribution in [0.2, 0.25) is 0 Å². The molecule has 128 valence electrons. The van der Waals surface area contributed by atoms with Gasteiger partial charge < -0.3 is 15.1 Å². The van der Waals surface area contributed by atoms with Crippen molar-refractivity contribution in [3.05, 3.63) is 34.8 Å². The van der Waals surface area contributed by atoms with Crippen LogP contribution in [0, 0.1) is 11.8 Å². The van der Waals surface area contributed by atoms with Crippen molar-refractivity contribution in [1.29, 1.82) is 0 Å². The molecule has 0 spiro atoms. The fraction of sp³-hybridized carbons (Fsp3) is 0.471. The van der Waals surface area contributed by atoms with Crippen LogP contribution in [0.5, 0.6) is 0 Å². The summed E-state index contributed by atoms with van der Waals surface area (Å²) in [6.07, 6.45) is 2.63. The number of nitrogen functional groups attached to an aromatic ring is 1. The zero-order chi connectivity index (χ0) is 17.3. The van der Waals surface area contributed by atoms with Crippen molar-refractivity contribution in [1.82, 2.24) is 14.7 Å². The van der Waals surface area contributed by atoms with Crippen molar-refractivity contribution >= 4 is 11.6 Å². The van der Waals surface area contributed by atoms with E-state index in [1.54, 1.807) is 12.1 Å². The monoisotopic (exact) mass is 330 g/mol. The third-order valence-electron chi connectivity index (χ3n) is 4.28. The summed E-state index contributed by atoms with van der Waals surface area (Å²) in [6.45, 7) is 5.58. The molecule has 0 unspecified atom stereocenters. The summed E-state index contributed by atoms with van der Waals surface area (Å²) in [5, 5.41) is 4.23. The fourth-order valence-corrected chi connectivity index (χ4v) is 3.31. The molecule has 0 radical (unpaired) electrons. The van der Waals surface area contributed by atoms with Crippen LogP contribution < -0.4 is 11.3 Å². The Balaban J connectivity index is 1.84. The molecule has 2 atom stereocenters. The summed E-state index contributed by atoms with van der Waals surface area (Å²) < 4.78 is 6.41. The van der Waals surface area contributed by atoms with Gasteiger partial charge in [-0.25, -0.2) is 4.68 Å². The average molecular weight is 330 g/mol. The molecule has 7 nitrogen and oxygen atoms in total. The molecule has 0 bridgehead atoms. The number of aromatic nitrogens is 2. The number of piperidine rings is 1. The molecule has 1 fully saturated rings. The van der Waals surface area contributed by atoms with Gasteiger partial charge in [-0.05, 0) is 36.5 Å². The van der Waals surface area contributed by atoms with Crippen LogP contribution in [0.1, 0.15) is 20.3 Å². The molecule has 7 heteroatoms. The van der Waals surface area contributed by atoms with Gasteiger partial charge in [0.25, 0.3) is 5.56 Å². The van der Waals surface area contributed by atoms with E-state index in [-0.39, 0.29) is 18.1 Å². The molecular weight excluding hydrogens is 308 g/mol. The molecule has 24 heavy (non-hydrogen) atoms. The molecule has 2 N–H and O–H groups in total. The Morgan fingerprint density at radius 3 is 2.71 bits per heavy atom. The number of furan rings is 1. The van der Waals surface area contributed by atoms with Crippen molar-refractivity contribution in [3.63, 3.8) is 0 Å². The minimum absolute atomic E-state index is 0.0459. The highest BCUT2D eigenvalue weighted by molar-refractivity contribution is 5.76. The minimum Gasteiger partial charge on any atom is -0.463 e. The van der Waals surface area contributed by atoms with Crippen molar-refractivity contribution in [3.8, 4) is 11.5 Å². The van der Waals surface area contributed by atoms with Gasteiger partial charge >= 0.3 is 0 Å². The third kappa shape index (κ3) is 3.34. The largest absolute Gasteiger partial charge is 0.463 e. The van der Waals surface area contributed by atoms with E-state index < -0.39 is 5.56 Å². The van der Waals surface area contributed by atoms with Crippen LogP contribution in [0.3, 0.4) is 0 Å². The number of amides is 1. The second-order valence-electron chi connectivity index (χ2n) is 6.67. The van der Waals surface area contributed by atoms with Crippen LogP contribution in [0.15, 0.2) is 33.7 Å². The standard InChI is InChI=1S/C17H22N4O3/c1-11-6-12(2)9-20(8-11)16(22)10-21-17(23)13(18)7-14(19-21)15-4-3-5-24-15/h3-5,7,11-12H,6,8-10,18H2,1-2H3/t11-,12-/m0/s1. The average Bonchev–Trinajstić information content (AvgIpc) is 3.05. The van der Waals surface area contributed by atoms with E-state index in [9.17, 15) is 9.59 Å². The predicted molar refractivity (Wildman–Crippen MR) is 90.1 cm³/mol. The van der Waals surface area contributed by atoms with Crippen LogP contribution in [-0.4, -0.2) is 33.7 Å². The van der Waals surface area contributed by atoms with Crippen LogP contribution in [0.25, 0.3) is 11.5 Å². The first-order valence-electron chi connectivity index (χ1n) is 8.13. The Labute approximate surface area is 140 Å². The zero-order valence-corrected chi connectivity index (χ0v) is 13.9. The van der Waals surface area contributed by atoms with Crippen molar-refractivity contribution in [2.24, 2.45) is 11.8 Å². The molecule has 3 rings (SSSR count). The summed E-state index contributed by atoms with van der Waals surface area (Å²) in [5.41, 5.74) is 5.81. The Kier molecular flexibility index (Phi) is 4.42. The number of nitrogens with two attached hydrogens (primary N) is 1. The van der Waals surface area contributed by atoms with Crippen molar-refractivity contribution in [2.45, 2.75) is 26.8 Å². The lowest BCUT2D eigenvalue weighted by molar-refractivity contribution is -0.134. The predicted octanol–water partition coefficient (Wildman–Crippen LogP) is 1.59. The van der Waals surface area contributed by atoms with Gasteiger partial charge in [0.15, 0.2) is 5.76 Å². The normalized spacial score (nSPS) is 21.0. The molecule has 0 aromatic carbocycles. The van der Waals surface area contributed by atoms with Gasteiger partial charge in [-0.2, -0.15) is 5.10 Å². The smallest absolute Gasteiger partial charge is 0.290 e. The van der Waals surface area contributed by atoms with Crippen molar-refractivity contribution < 1.29 is 9.21 Å². The Morgan fingerprint density at radius 2 is 2.08 bits per heavy atom. The van der Waals surface area contributed by atoms with E-state index in [0.29, 0.717) is 36.4 Å². The molecule has 2 aromatic rings. The molecule has 1 saturated heterocycles. The second-order valence-corrected chi connectivity index (χ2v) is 6.67. The number of nitrogens with zero attached hydrogens (tertiary/aromatic N) is 3. The van der Waals surface area contributed by atoms with Gasteiger partial charge in [-0.1, -0.05) is 13.8 Å². The highest BCUT2D eigenvalue weighted by Crippen LogP contribution is 2.21. The fourth-order valence-electron chi connectivity index (χ4n) is 3.31. The maximum absolute atomic E-state index is 12.6. The minimum atomic E-state index is -0.461. The maximum atomic E-state index is 12.6. The first-order valence-corrected chi connectivity index (χ1v) is 8.13. The van der Waals surface area contributed by atoms with Crippen LogP contribution in [-0.2, 0) is 11.3 Å². The molecule has 1 aliphatic rings. The first-order chi connectivity index (χ1) is 11.4. The summed E-state index contributed by atoms with van der Waals surface area (Å²) in [5.74, 6) is 1.31. The Bertz CT molecular complexity index is 772. The van der Waals surface area contributed by atoms with E-state index in [1.807, 2.05) is 4.90 Å². The highest BCUT2D eigenvalue weighted by Gasteiger charge is 2.26. The number of hydrogen-bond donors (Lipinski definition) is 1. The molecule has 1 amide bonds. The van der Waals surface area contributed by atoms with Gasteiger partial charge in [-0.3, -0.25) is 9.59 Å². The van der Waals surface area contributed by atoms with Crippen molar-refractivity contribution in [2.75, 3.05) is 18.8 Å². The summed E-state index contributed by atoms with van der Waals surface area (Å²) in [4.78, 5) is 26.6. The summed E-state index contributed by atoms with van der Waals surface area (Å²) in [6, 6.07) is 4.92. The second kappa shape index (κ2) is 6.51. The number of hydrogen-bond acceptors (Lipinski definition) is 5. The molecule has 3 heterocycles. The number of carbonyl (C=O) groups excluding carboxylic acids is 1. The Morgan fingerprint density at radius 1 is 1.38 bits per heavy atom. The molecule has 2 aromatic heterocycles. The summed E-state index contributed by atoms with van der Waals surface area (Å²) in [7, 11) is 0. The first kappa shape index (κ1) is 16.3.